The van der Waals surface area contributed by atoms with Crippen molar-refractivity contribution < 1.29 is 14.3 Å². The van der Waals surface area contributed by atoms with Crippen LogP contribution in [0, 0.1) is 5.92 Å². The zero-order chi connectivity index (χ0) is 11.1. The van der Waals surface area contributed by atoms with Crippen LogP contribution in [0.4, 0.5) is 0 Å². The molecule has 1 rings (SSSR count). The molecule has 1 unspecified atom stereocenters. The molecule has 88 valence electrons. The first-order valence-corrected chi connectivity index (χ1v) is 5.86. The van der Waals surface area contributed by atoms with Gasteiger partial charge in [0.15, 0.2) is 6.29 Å². The van der Waals surface area contributed by atoms with Crippen LogP contribution >= 0.6 is 0 Å². The monoisotopic (exact) mass is 214 g/mol. The molecule has 3 heteroatoms. The minimum Gasteiger partial charge on any atom is -0.356 e. The number of hydrogen-bond donors (Lipinski definition) is 0. The third kappa shape index (κ3) is 4.31. The second kappa shape index (κ2) is 6.96. The Morgan fingerprint density at radius 3 is 2.67 bits per heavy atom. The standard InChI is InChI=1S/C12H22O3/c1-14-12(15-2)9-5-7-10-6-3-4-8-11(10)13/h10,12H,3-9H2,1-2H3. The van der Waals surface area contributed by atoms with Gasteiger partial charge in [0.25, 0.3) is 0 Å². The summed E-state index contributed by atoms with van der Waals surface area (Å²) in [6.45, 7) is 0. The van der Waals surface area contributed by atoms with E-state index in [4.69, 9.17) is 9.47 Å². The van der Waals surface area contributed by atoms with Crippen molar-refractivity contribution >= 4 is 5.78 Å². The number of Topliss-reactive ketones (excluding diaryl/α,β-unsaturated/α-hetero) is 1. The van der Waals surface area contributed by atoms with Crippen molar-refractivity contribution in [2.45, 2.75) is 51.2 Å². The Balaban J connectivity index is 2.15. The molecule has 1 aliphatic carbocycles. The molecule has 0 radical (unpaired) electrons. The Bertz CT molecular complexity index is 187. The lowest BCUT2D eigenvalue weighted by Crippen LogP contribution is -2.20. The van der Waals surface area contributed by atoms with Crippen molar-refractivity contribution in [1.82, 2.24) is 0 Å². The fourth-order valence-electron chi connectivity index (χ4n) is 2.22. The van der Waals surface area contributed by atoms with Crippen molar-refractivity contribution in [1.29, 1.82) is 0 Å². The predicted octanol–water partition coefficient (Wildman–Crippen LogP) is 2.53. The first-order valence-electron chi connectivity index (χ1n) is 5.86. The van der Waals surface area contributed by atoms with E-state index in [0.717, 1.165) is 38.5 Å². The smallest absolute Gasteiger partial charge is 0.156 e. The number of carbonyl (C=O) groups excluding carboxylic acids is 1. The van der Waals surface area contributed by atoms with Crippen molar-refractivity contribution in [3.05, 3.63) is 0 Å². The van der Waals surface area contributed by atoms with E-state index in [1.165, 1.54) is 6.42 Å². The van der Waals surface area contributed by atoms with Gasteiger partial charge in [-0.25, -0.2) is 0 Å². The van der Waals surface area contributed by atoms with Gasteiger partial charge in [0.1, 0.15) is 5.78 Å². The van der Waals surface area contributed by atoms with Gasteiger partial charge in [-0.15, -0.1) is 0 Å². The summed E-state index contributed by atoms with van der Waals surface area (Å²) in [4.78, 5) is 11.5. The van der Waals surface area contributed by atoms with Crippen LogP contribution in [0.15, 0.2) is 0 Å². The molecule has 0 aliphatic heterocycles. The van der Waals surface area contributed by atoms with E-state index in [1.807, 2.05) is 0 Å². The fourth-order valence-corrected chi connectivity index (χ4v) is 2.22. The van der Waals surface area contributed by atoms with Gasteiger partial charge in [0, 0.05) is 26.6 Å². The Kier molecular flexibility index (Phi) is 5.88. The van der Waals surface area contributed by atoms with Crippen molar-refractivity contribution in [2.24, 2.45) is 5.92 Å². The maximum Gasteiger partial charge on any atom is 0.156 e. The molecule has 0 N–H and O–H groups in total. The minimum absolute atomic E-state index is 0.108. The number of carbonyl (C=O) groups is 1. The molecule has 1 fully saturated rings. The Morgan fingerprint density at radius 1 is 1.33 bits per heavy atom. The number of hydrogen-bond acceptors (Lipinski definition) is 3. The highest BCUT2D eigenvalue weighted by molar-refractivity contribution is 5.81. The average Bonchev–Trinajstić information content (AvgIpc) is 2.27. The lowest BCUT2D eigenvalue weighted by atomic mass is 9.84. The van der Waals surface area contributed by atoms with Gasteiger partial charge < -0.3 is 9.47 Å². The highest BCUT2D eigenvalue weighted by Gasteiger charge is 2.21. The second-order valence-electron chi connectivity index (χ2n) is 4.24. The predicted molar refractivity (Wildman–Crippen MR) is 58.6 cm³/mol. The first-order chi connectivity index (χ1) is 7.27. The number of ketones is 1. The molecule has 0 aromatic carbocycles. The summed E-state index contributed by atoms with van der Waals surface area (Å²) in [5.41, 5.74) is 0. The van der Waals surface area contributed by atoms with Gasteiger partial charge in [-0.1, -0.05) is 6.42 Å². The van der Waals surface area contributed by atoms with Crippen LogP contribution < -0.4 is 0 Å². The van der Waals surface area contributed by atoms with Gasteiger partial charge in [0.2, 0.25) is 0 Å². The fraction of sp³-hybridized carbons (Fsp3) is 0.917. The van der Waals surface area contributed by atoms with E-state index in [9.17, 15) is 4.79 Å². The third-order valence-corrected chi connectivity index (χ3v) is 3.20. The van der Waals surface area contributed by atoms with Gasteiger partial charge in [-0.2, -0.15) is 0 Å². The molecule has 0 saturated heterocycles. The Labute approximate surface area is 92.1 Å². The van der Waals surface area contributed by atoms with Crippen LogP contribution in [-0.4, -0.2) is 26.3 Å². The van der Waals surface area contributed by atoms with E-state index in [-0.39, 0.29) is 6.29 Å². The van der Waals surface area contributed by atoms with E-state index < -0.39 is 0 Å². The molecule has 3 nitrogen and oxygen atoms in total. The second-order valence-corrected chi connectivity index (χ2v) is 4.24. The van der Waals surface area contributed by atoms with Gasteiger partial charge in [-0.05, 0) is 32.1 Å². The molecule has 0 aromatic heterocycles. The summed E-state index contributed by atoms with van der Waals surface area (Å²) in [7, 11) is 3.31. The molecule has 1 saturated carbocycles. The molecule has 15 heavy (non-hydrogen) atoms. The quantitative estimate of drug-likeness (QED) is 0.637. The zero-order valence-electron chi connectivity index (χ0n) is 9.83. The Morgan fingerprint density at radius 2 is 2.07 bits per heavy atom. The van der Waals surface area contributed by atoms with E-state index >= 15 is 0 Å². The largest absolute Gasteiger partial charge is 0.356 e. The van der Waals surface area contributed by atoms with Crippen molar-refractivity contribution in [2.75, 3.05) is 14.2 Å². The van der Waals surface area contributed by atoms with Crippen molar-refractivity contribution in [3.63, 3.8) is 0 Å². The molecule has 1 aliphatic rings. The van der Waals surface area contributed by atoms with E-state index in [2.05, 4.69) is 0 Å². The summed E-state index contributed by atoms with van der Waals surface area (Å²) in [5.74, 6) is 0.778. The van der Waals surface area contributed by atoms with Gasteiger partial charge in [0.05, 0.1) is 0 Å². The number of ether oxygens (including phenoxy) is 2. The lowest BCUT2D eigenvalue weighted by molar-refractivity contribution is -0.125. The summed E-state index contributed by atoms with van der Waals surface area (Å²) in [5, 5.41) is 0. The summed E-state index contributed by atoms with van der Waals surface area (Å²) >= 11 is 0. The lowest BCUT2D eigenvalue weighted by Gasteiger charge is -2.21. The summed E-state index contributed by atoms with van der Waals surface area (Å²) in [6.07, 6.45) is 6.99. The topological polar surface area (TPSA) is 35.5 Å². The van der Waals surface area contributed by atoms with Crippen LogP contribution in [0.1, 0.15) is 44.9 Å². The maximum absolute atomic E-state index is 11.5. The van der Waals surface area contributed by atoms with Crippen LogP contribution in [-0.2, 0) is 14.3 Å². The van der Waals surface area contributed by atoms with Gasteiger partial charge in [-0.3, -0.25) is 4.79 Å². The SMILES string of the molecule is COC(CCCC1CCCCC1=O)OC. The summed E-state index contributed by atoms with van der Waals surface area (Å²) < 4.78 is 10.2. The number of methoxy groups -OCH3 is 2. The minimum atomic E-state index is -0.108. The normalized spacial score (nSPS) is 22.3. The van der Waals surface area contributed by atoms with Crippen molar-refractivity contribution in [3.8, 4) is 0 Å². The van der Waals surface area contributed by atoms with Crippen LogP contribution in [0.25, 0.3) is 0 Å². The first kappa shape index (κ1) is 12.7. The third-order valence-electron chi connectivity index (χ3n) is 3.20. The van der Waals surface area contributed by atoms with Crippen LogP contribution in [0.3, 0.4) is 0 Å². The molecule has 1 atom stereocenters. The van der Waals surface area contributed by atoms with Crippen LogP contribution in [0.5, 0.6) is 0 Å². The highest BCUT2D eigenvalue weighted by atomic mass is 16.7. The number of rotatable bonds is 6. The molecular weight excluding hydrogens is 192 g/mol. The Hall–Kier alpha value is -0.410. The van der Waals surface area contributed by atoms with E-state index in [1.54, 1.807) is 14.2 Å². The average molecular weight is 214 g/mol. The van der Waals surface area contributed by atoms with Gasteiger partial charge >= 0.3 is 0 Å². The molecule has 0 heterocycles. The molecule has 0 aromatic rings. The molecule has 0 spiro atoms. The maximum atomic E-state index is 11.5. The molecular formula is C12H22O3. The summed E-state index contributed by atoms with van der Waals surface area (Å²) in [6, 6.07) is 0. The zero-order valence-corrected chi connectivity index (χ0v) is 9.83. The van der Waals surface area contributed by atoms with E-state index in [0.29, 0.717) is 11.7 Å². The molecule has 0 amide bonds. The molecule has 0 bridgehead atoms. The van der Waals surface area contributed by atoms with Crippen LogP contribution in [0.2, 0.25) is 0 Å². The highest BCUT2D eigenvalue weighted by Crippen LogP contribution is 2.25.